The van der Waals surface area contributed by atoms with Crippen LogP contribution in [0, 0.1) is 5.82 Å². The number of nitrogens with one attached hydrogen (secondary N) is 1. The number of hydrogen-bond donors (Lipinski definition) is 1. The third-order valence-corrected chi connectivity index (χ3v) is 5.96. The molecule has 0 radical (unpaired) electrons. The molecule has 0 bridgehead atoms. The van der Waals surface area contributed by atoms with Gasteiger partial charge in [-0.2, -0.15) is 0 Å². The molecule has 4 rings (SSSR count). The topological polar surface area (TPSA) is 65.0 Å². The SMILES string of the molecule is CN(C)c1ccc(NC(=O)CSC2=NC(=Cc3ccccc3)C(=O)N2c2ccc(F)cc2)cc1. The lowest BCUT2D eigenvalue weighted by molar-refractivity contribution is -0.114. The third-order valence-electron chi connectivity index (χ3n) is 5.02. The van der Waals surface area contributed by atoms with E-state index in [1.807, 2.05) is 73.6 Å². The maximum absolute atomic E-state index is 13.5. The molecule has 0 fully saturated rings. The van der Waals surface area contributed by atoms with Crippen LogP contribution in [0.5, 0.6) is 0 Å². The van der Waals surface area contributed by atoms with Crippen LogP contribution in [-0.2, 0) is 9.59 Å². The van der Waals surface area contributed by atoms with E-state index >= 15 is 0 Å². The van der Waals surface area contributed by atoms with Crippen LogP contribution in [0.15, 0.2) is 89.6 Å². The summed E-state index contributed by atoms with van der Waals surface area (Å²) in [6.07, 6.45) is 1.69. The zero-order chi connectivity index (χ0) is 24.1. The zero-order valence-electron chi connectivity index (χ0n) is 18.7. The van der Waals surface area contributed by atoms with Gasteiger partial charge >= 0.3 is 0 Å². The van der Waals surface area contributed by atoms with E-state index in [9.17, 15) is 14.0 Å². The second kappa shape index (κ2) is 10.4. The summed E-state index contributed by atoms with van der Waals surface area (Å²) < 4.78 is 13.5. The molecule has 3 aromatic rings. The minimum absolute atomic E-state index is 0.0534. The Hall–Kier alpha value is -3.91. The second-order valence-corrected chi connectivity index (χ2v) is 8.67. The molecule has 0 saturated heterocycles. The average Bonchev–Trinajstić information content (AvgIpc) is 3.14. The van der Waals surface area contributed by atoms with Gasteiger partial charge in [0.1, 0.15) is 11.5 Å². The highest BCUT2D eigenvalue weighted by atomic mass is 32.2. The Labute approximate surface area is 201 Å². The molecule has 2 amide bonds. The van der Waals surface area contributed by atoms with Gasteiger partial charge in [0.25, 0.3) is 5.91 Å². The number of amidine groups is 1. The zero-order valence-corrected chi connectivity index (χ0v) is 19.6. The molecule has 8 heteroatoms. The normalized spacial score (nSPS) is 14.3. The van der Waals surface area contributed by atoms with Crippen molar-refractivity contribution in [2.45, 2.75) is 0 Å². The van der Waals surface area contributed by atoms with Gasteiger partial charge in [-0.15, -0.1) is 0 Å². The van der Waals surface area contributed by atoms with Gasteiger partial charge in [0, 0.05) is 25.5 Å². The Balaban J connectivity index is 1.52. The Morgan fingerprint density at radius 2 is 1.71 bits per heavy atom. The molecule has 172 valence electrons. The number of benzene rings is 3. The number of thioether (sulfide) groups is 1. The fraction of sp³-hybridized carbons (Fsp3) is 0.115. The highest BCUT2D eigenvalue weighted by Crippen LogP contribution is 2.29. The van der Waals surface area contributed by atoms with Gasteiger partial charge in [-0.3, -0.25) is 14.5 Å². The molecular formula is C26H23FN4O2S. The highest BCUT2D eigenvalue weighted by Gasteiger charge is 2.32. The van der Waals surface area contributed by atoms with Crippen molar-refractivity contribution in [3.63, 3.8) is 0 Å². The molecule has 0 unspecified atom stereocenters. The van der Waals surface area contributed by atoms with Crippen molar-refractivity contribution < 1.29 is 14.0 Å². The van der Waals surface area contributed by atoms with Gasteiger partial charge in [0.05, 0.1) is 11.4 Å². The first-order chi connectivity index (χ1) is 16.4. The third kappa shape index (κ3) is 5.52. The molecule has 1 N–H and O–H groups in total. The van der Waals surface area contributed by atoms with E-state index < -0.39 is 5.82 Å². The molecule has 0 spiro atoms. The Bertz CT molecular complexity index is 1240. The summed E-state index contributed by atoms with van der Waals surface area (Å²) in [5.74, 6) is -0.908. The van der Waals surface area contributed by atoms with E-state index in [1.54, 1.807) is 6.08 Å². The van der Waals surface area contributed by atoms with E-state index in [0.717, 1.165) is 23.0 Å². The molecule has 1 aliphatic heterocycles. The lowest BCUT2D eigenvalue weighted by atomic mass is 10.2. The molecule has 34 heavy (non-hydrogen) atoms. The summed E-state index contributed by atoms with van der Waals surface area (Å²) in [5, 5.41) is 3.21. The van der Waals surface area contributed by atoms with Crippen molar-refractivity contribution in [1.29, 1.82) is 0 Å². The van der Waals surface area contributed by atoms with E-state index in [4.69, 9.17) is 0 Å². The number of amides is 2. The molecule has 1 aliphatic rings. The predicted molar refractivity (Wildman–Crippen MR) is 138 cm³/mol. The molecule has 0 aromatic heterocycles. The maximum Gasteiger partial charge on any atom is 0.283 e. The van der Waals surface area contributed by atoms with Crippen molar-refractivity contribution >= 4 is 51.9 Å². The van der Waals surface area contributed by atoms with Gasteiger partial charge in [-0.25, -0.2) is 9.38 Å². The van der Waals surface area contributed by atoms with Gasteiger partial charge in [-0.1, -0.05) is 42.1 Å². The lowest BCUT2D eigenvalue weighted by Gasteiger charge is -2.17. The van der Waals surface area contributed by atoms with Gasteiger partial charge in [0.15, 0.2) is 5.17 Å². The van der Waals surface area contributed by atoms with Crippen LogP contribution in [0.1, 0.15) is 5.56 Å². The van der Waals surface area contributed by atoms with Crippen molar-refractivity contribution in [2.24, 2.45) is 4.99 Å². The summed E-state index contributed by atoms with van der Waals surface area (Å²) in [4.78, 5) is 33.6. The smallest absolute Gasteiger partial charge is 0.283 e. The standard InChI is InChI=1S/C26H23FN4O2S/c1-30(2)21-14-10-20(11-15-21)28-24(32)17-34-26-29-23(16-18-6-4-3-5-7-18)25(33)31(26)22-12-8-19(27)9-13-22/h3-16H,17H2,1-2H3,(H,28,32). The molecule has 0 aliphatic carbocycles. The van der Waals surface area contributed by atoms with E-state index in [-0.39, 0.29) is 23.3 Å². The minimum Gasteiger partial charge on any atom is -0.378 e. The summed E-state index contributed by atoms with van der Waals surface area (Å²) in [6.45, 7) is 0. The summed E-state index contributed by atoms with van der Waals surface area (Å²) in [6, 6.07) is 22.5. The largest absolute Gasteiger partial charge is 0.378 e. The predicted octanol–water partition coefficient (Wildman–Crippen LogP) is 5.01. The van der Waals surface area contributed by atoms with Crippen LogP contribution in [0.3, 0.4) is 0 Å². The van der Waals surface area contributed by atoms with E-state index in [1.165, 1.54) is 29.2 Å². The number of aliphatic imine (C=N–C) groups is 1. The maximum atomic E-state index is 13.5. The molecule has 0 atom stereocenters. The van der Waals surface area contributed by atoms with Crippen molar-refractivity contribution in [3.8, 4) is 0 Å². The monoisotopic (exact) mass is 474 g/mol. The first kappa shape index (κ1) is 23.3. The molecule has 6 nitrogen and oxygen atoms in total. The first-order valence-corrected chi connectivity index (χ1v) is 11.5. The van der Waals surface area contributed by atoms with Crippen molar-refractivity contribution in [2.75, 3.05) is 35.0 Å². The van der Waals surface area contributed by atoms with Crippen LogP contribution in [0.25, 0.3) is 6.08 Å². The number of nitrogens with zero attached hydrogens (tertiary/aromatic N) is 3. The number of rotatable bonds is 6. The fourth-order valence-corrected chi connectivity index (χ4v) is 4.10. The van der Waals surface area contributed by atoms with Crippen LogP contribution < -0.4 is 15.1 Å². The van der Waals surface area contributed by atoms with Gasteiger partial charge < -0.3 is 10.2 Å². The Morgan fingerprint density at radius 3 is 2.35 bits per heavy atom. The van der Waals surface area contributed by atoms with Crippen molar-refractivity contribution in [1.82, 2.24) is 0 Å². The van der Waals surface area contributed by atoms with Crippen LogP contribution in [0.2, 0.25) is 0 Å². The summed E-state index contributed by atoms with van der Waals surface area (Å²) in [5.41, 5.74) is 3.27. The van der Waals surface area contributed by atoms with Crippen LogP contribution >= 0.6 is 11.8 Å². The minimum atomic E-state index is -0.402. The number of anilines is 3. The summed E-state index contributed by atoms with van der Waals surface area (Å²) >= 11 is 1.14. The Morgan fingerprint density at radius 1 is 1.03 bits per heavy atom. The van der Waals surface area contributed by atoms with Gasteiger partial charge in [-0.05, 0) is 60.2 Å². The molecule has 0 saturated carbocycles. The molecule has 3 aromatic carbocycles. The second-order valence-electron chi connectivity index (χ2n) is 7.73. The average molecular weight is 475 g/mol. The lowest BCUT2D eigenvalue weighted by Crippen LogP contribution is -2.31. The highest BCUT2D eigenvalue weighted by molar-refractivity contribution is 8.14. The van der Waals surface area contributed by atoms with E-state index in [2.05, 4.69) is 10.3 Å². The first-order valence-electron chi connectivity index (χ1n) is 10.6. The molecular weight excluding hydrogens is 451 g/mol. The van der Waals surface area contributed by atoms with E-state index in [0.29, 0.717) is 16.5 Å². The molecule has 1 heterocycles. The van der Waals surface area contributed by atoms with Gasteiger partial charge in [0.2, 0.25) is 5.91 Å². The van der Waals surface area contributed by atoms with Crippen molar-refractivity contribution in [3.05, 3.63) is 95.9 Å². The van der Waals surface area contributed by atoms with Crippen LogP contribution in [0.4, 0.5) is 21.5 Å². The quantitative estimate of drug-likeness (QED) is 0.510. The number of carbonyl (C=O) groups is 2. The Kier molecular flexibility index (Phi) is 7.08. The number of hydrogen-bond acceptors (Lipinski definition) is 5. The number of carbonyl (C=O) groups excluding carboxylic acids is 2. The summed E-state index contributed by atoms with van der Waals surface area (Å²) in [7, 11) is 3.89. The fourth-order valence-electron chi connectivity index (χ4n) is 3.29. The number of halogens is 1. The van der Waals surface area contributed by atoms with Crippen LogP contribution in [-0.4, -0.2) is 36.8 Å².